The fourth-order valence-electron chi connectivity index (χ4n) is 1.20. The Hall–Kier alpha value is -1.77. The second-order valence-corrected chi connectivity index (χ2v) is 3.18. The van der Waals surface area contributed by atoms with Crippen molar-refractivity contribution in [1.29, 1.82) is 5.26 Å². The van der Waals surface area contributed by atoms with Crippen LogP contribution in [-0.4, -0.2) is 31.5 Å². The van der Waals surface area contributed by atoms with E-state index in [0.29, 0.717) is 31.0 Å². The minimum atomic E-state index is 0.0282. The molecule has 0 atom stereocenters. The van der Waals surface area contributed by atoms with Crippen LogP contribution in [0.4, 0.5) is 11.4 Å². The van der Waals surface area contributed by atoms with Gasteiger partial charge in [0, 0.05) is 17.9 Å². The first kappa shape index (κ1) is 12.3. The number of ether oxygens (including phenoxy) is 1. The zero-order chi connectivity index (χ0) is 11.8. The van der Waals surface area contributed by atoms with Gasteiger partial charge in [0.2, 0.25) is 0 Å². The van der Waals surface area contributed by atoms with Crippen LogP contribution in [0.3, 0.4) is 0 Å². The second-order valence-electron chi connectivity index (χ2n) is 3.18. The molecule has 0 fully saturated rings. The van der Waals surface area contributed by atoms with Crippen LogP contribution in [-0.2, 0) is 4.74 Å². The molecule has 1 aromatic carbocycles. The van der Waals surface area contributed by atoms with Gasteiger partial charge >= 0.3 is 0 Å². The maximum atomic E-state index is 8.77. The molecule has 0 spiro atoms. The largest absolute Gasteiger partial charge is 0.398 e. The van der Waals surface area contributed by atoms with E-state index in [-0.39, 0.29) is 6.61 Å². The summed E-state index contributed by atoms with van der Waals surface area (Å²) in [7, 11) is 0. The first-order chi connectivity index (χ1) is 7.77. The Kier molecular flexibility index (Phi) is 5.12. The number of aliphatic hydroxyl groups excluding tert-OH is 1. The maximum Gasteiger partial charge on any atom is 0.101 e. The van der Waals surface area contributed by atoms with Gasteiger partial charge in [-0.15, -0.1) is 0 Å². The average molecular weight is 221 g/mol. The van der Waals surface area contributed by atoms with Crippen LogP contribution in [0, 0.1) is 11.3 Å². The zero-order valence-electron chi connectivity index (χ0n) is 8.94. The summed E-state index contributed by atoms with van der Waals surface area (Å²) < 4.78 is 5.08. The molecule has 0 saturated carbocycles. The lowest BCUT2D eigenvalue weighted by Crippen LogP contribution is -2.11. The molecule has 0 unspecified atom stereocenters. The van der Waals surface area contributed by atoms with Crippen LogP contribution in [0.5, 0.6) is 0 Å². The minimum Gasteiger partial charge on any atom is -0.398 e. The smallest absolute Gasteiger partial charge is 0.101 e. The molecule has 0 aromatic heterocycles. The number of aliphatic hydroxyl groups is 1. The highest BCUT2D eigenvalue weighted by Crippen LogP contribution is 2.16. The normalized spacial score (nSPS) is 9.75. The number of rotatable bonds is 6. The molecule has 0 aliphatic heterocycles. The van der Waals surface area contributed by atoms with Crippen LogP contribution < -0.4 is 11.1 Å². The van der Waals surface area contributed by atoms with Crippen LogP contribution in [0.15, 0.2) is 18.2 Å². The minimum absolute atomic E-state index is 0.0282. The van der Waals surface area contributed by atoms with Crippen LogP contribution >= 0.6 is 0 Å². The van der Waals surface area contributed by atoms with E-state index in [1.54, 1.807) is 12.1 Å². The summed E-state index contributed by atoms with van der Waals surface area (Å²) >= 11 is 0. The topological polar surface area (TPSA) is 91.3 Å². The molecule has 4 N–H and O–H groups in total. The van der Waals surface area contributed by atoms with Crippen molar-refractivity contribution in [1.82, 2.24) is 0 Å². The van der Waals surface area contributed by atoms with E-state index in [4.69, 9.17) is 20.8 Å². The molecule has 0 radical (unpaired) electrons. The molecule has 16 heavy (non-hydrogen) atoms. The summed E-state index contributed by atoms with van der Waals surface area (Å²) in [6.07, 6.45) is 0. The zero-order valence-corrected chi connectivity index (χ0v) is 8.94. The first-order valence-electron chi connectivity index (χ1n) is 5.00. The van der Waals surface area contributed by atoms with E-state index in [2.05, 4.69) is 5.32 Å². The molecule has 1 aromatic rings. The van der Waals surface area contributed by atoms with Crippen LogP contribution in [0.1, 0.15) is 5.56 Å². The Balaban J connectivity index is 2.40. The maximum absolute atomic E-state index is 8.77. The predicted molar refractivity (Wildman–Crippen MR) is 62.0 cm³/mol. The molecule has 1 rings (SSSR count). The van der Waals surface area contributed by atoms with Gasteiger partial charge in [0.05, 0.1) is 25.4 Å². The van der Waals surface area contributed by atoms with Gasteiger partial charge in [0.1, 0.15) is 6.07 Å². The van der Waals surface area contributed by atoms with Crippen molar-refractivity contribution in [2.75, 3.05) is 37.4 Å². The summed E-state index contributed by atoms with van der Waals surface area (Å²) in [6.45, 7) is 1.49. The summed E-state index contributed by atoms with van der Waals surface area (Å²) in [5.74, 6) is 0. The summed E-state index contributed by atoms with van der Waals surface area (Å²) in [5.41, 5.74) is 7.36. The standard InChI is InChI=1S/C11H15N3O2/c12-8-9-7-10(1-2-11(9)13)14-3-5-16-6-4-15/h1-2,7,14-15H,3-6,13H2. The fourth-order valence-corrected chi connectivity index (χ4v) is 1.20. The van der Waals surface area contributed by atoms with Gasteiger partial charge in [-0.05, 0) is 18.2 Å². The number of nitriles is 1. The molecule has 0 bridgehead atoms. The molecule has 0 heterocycles. The highest BCUT2D eigenvalue weighted by atomic mass is 16.5. The number of hydrogen-bond donors (Lipinski definition) is 3. The van der Waals surface area contributed by atoms with Crippen LogP contribution in [0.2, 0.25) is 0 Å². The third kappa shape index (κ3) is 3.77. The molecule has 0 aliphatic rings. The Morgan fingerprint density at radius 1 is 1.44 bits per heavy atom. The molecule has 86 valence electrons. The number of benzene rings is 1. The Morgan fingerprint density at radius 3 is 2.94 bits per heavy atom. The van der Waals surface area contributed by atoms with E-state index in [9.17, 15) is 0 Å². The molecule has 5 heteroatoms. The van der Waals surface area contributed by atoms with Crippen molar-refractivity contribution in [3.63, 3.8) is 0 Å². The van der Waals surface area contributed by atoms with Gasteiger partial charge < -0.3 is 20.9 Å². The lowest BCUT2D eigenvalue weighted by atomic mass is 10.2. The molecular weight excluding hydrogens is 206 g/mol. The Labute approximate surface area is 94.4 Å². The quantitative estimate of drug-likeness (QED) is 0.482. The SMILES string of the molecule is N#Cc1cc(NCCOCCO)ccc1N. The van der Waals surface area contributed by atoms with Crippen molar-refractivity contribution in [2.45, 2.75) is 0 Å². The summed E-state index contributed by atoms with van der Waals surface area (Å²) in [6, 6.07) is 7.21. The van der Waals surface area contributed by atoms with Crippen molar-refractivity contribution in [3.05, 3.63) is 23.8 Å². The number of nitrogens with zero attached hydrogens (tertiary/aromatic N) is 1. The van der Waals surface area contributed by atoms with Gasteiger partial charge in [0.25, 0.3) is 0 Å². The monoisotopic (exact) mass is 221 g/mol. The van der Waals surface area contributed by atoms with E-state index < -0.39 is 0 Å². The van der Waals surface area contributed by atoms with E-state index >= 15 is 0 Å². The first-order valence-corrected chi connectivity index (χ1v) is 5.00. The number of nitrogens with one attached hydrogen (secondary N) is 1. The lowest BCUT2D eigenvalue weighted by molar-refractivity contribution is 0.0992. The lowest BCUT2D eigenvalue weighted by Gasteiger charge is -2.07. The molecule has 0 aliphatic carbocycles. The van der Waals surface area contributed by atoms with Gasteiger partial charge in [-0.2, -0.15) is 5.26 Å². The third-order valence-corrected chi connectivity index (χ3v) is 1.98. The van der Waals surface area contributed by atoms with Crippen molar-refractivity contribution in [3.8, 4) is 6.07 Å². The average Bonchev–Trinajstić information content (AvgIpc) is 2.31. The second kappa shape index (κ2) is 6.67. The number of hydrogen-bond acceptors (Lipinski definition) is 5. The van der Waals surface area contributed by atoms with Gasteiger partial charge in [0.15, 0.2) is 0 Å². The van der Waals surface area contributed by atoms with E-state index in [1.165, 1.54) is 0 Å². The third-order valence-electron chi connectivity index (χ3n) is 1.98. The number of nitrogen functional groups attached to an aromatic ring is 1. The van der Waals surface area contributed by atoms with Crippen molar-refractivity contribution in [2.24, 2.45) is 0 Å². The summed E-state index contributed by atoms with van der Waals surface area (Å²) in [4.78, 5) is 0. The van der Waals surface area contributed by atoms with Crippen LogP contribution in [0.25, 0.3) is 0 Å². The highest BCUT2D eigenvalue weighted by molar-refractivity contribution is 5.61. The van der Waals surface area contributed by atoms with Gasteiger partial charge in [-0.25, -0.2) is 0 Å². The Bertz CT molecular complexity index is 374. The number of anilines is 2. The molecule has 0 amide bonds. The fraction of sp³-hybridized carbons (Fsp3) is 0.364. The van der Waals surface area contributed by atoms with Gasteiger partial charge in [-0.1, -0.05) is 0 Å². The summed E-state index contributed by atoms with van der Waals surface area (Å²) in [5, 5.41) is 20.4. The molecule has 0 saturated heterocycles. The Morgan fingerprint density at radius 2 is 2.25 bits per heavy atom. The van der Waals surface area contributed by atoms with Gasteiger partial charge in [-0.3, -0.25) is 0 Å². The highest BCUT2D eigenvalue weighted by Gasteiger charge is 1.99. The van der Waals surface area contributed by atoms with E-state index in [0.717, 1.165) is 5.69 Å². The van der Waals surface area contributed by atoms with Crippen molar-refractivity contribution >= 4 is 11.4 Å². The van der Waals surface area contributed by atoms with Crippen molar-refractivity contribution < 1.29 is 9.84 Å². The molecule has 5 nitrogen and oxygen atoms in total. The number of nitrogens with two attached hydrogens (primary N) is 1. The van der Waals surface area contributed by atoms with E-state index in [1.807, 2.05) is 12.1 Å². The predicted octanol–water partition coefficient (Wildman–Crippen LogP) is 0.561. The molecular formula is C11H15N3O2.